The van der Waals surface area contributed by atoms with E-state index >= 15 is 0 Å². The molecule has 2 aromatic carbocycles. The van der Waals surface area contributed by atoms with Crippen LogP contribution in [0.5, 0.6) is 5.75 Å². The van der Waals surface area contributed by atoms with Gasteiger partial charge in [0.2, 0.25) is 0 Å². The first kappa shape index (κ1) is 15.2. The molecule has 6 nitrogen and oxygen atoms in total. The predicted octanol–water partition coefficient (Wildman–Crippen LogP) is 4.17. The van der Waals surface area contributed by atoms with Gasteiger partial charge in [-0.25, -0.2) is 4.99 Å². The fraction of sp³-hybridized carbons (Fsp3) is 0.0556. The number of aromatic nitrogens is 2. The number of methoxy groups -OCH3 is 1. The number of halogens is 1. The van der Waals surface area contributed by atoms with Crippen LogP contribution in [0.4, 0.5) is 17.2 Å². The van der Waals surface area contributed by atoms with Gasteiger partial charge in [0.25, 0.3) is 0 Å². The molecule has 25 heavy (non-hydrogen) atoms. The van der Waals surface area contributed by atoms with E-state index in [1.807, 2.05) is 24.3 Å². The zero-order valence-electron chi connectivity index (χ0n) is 13.2. The van der Waals surface area contributed by atoms with Crippen molar-refractivity contribution >= 4 is 34.5 Å². The monoisotopic (exact) mass is 349 g/mol. The summed E-state index contributed by atoms with van der Waals surface area (Å²) in [6, 6.07) is 13.1. The van der Waals surface area contributed by atoms with Gasteiger partial charge >= 0.3 is 0 Å². The molecule has 2 N–H and O–H groups in total. The molecule has 0 amide bonds. The minimum absolute atomic E-state index is 0.423. The number of anilines is 2. The van der Waals surface area contributed by atoms with Crippen molar-refractivity contribution in [3.05, 3.63) is 64.3 Å². The summed E-state index contributed by atoms with van der Waals surface area (Å²) >= 11 is 6.40. The average Bonchev–Trinajstić information content (AvgIpc) is 3.01. The first-order valence-corrected chi connectivity index (χ1v) is 7.85. The Labute approximate surface area is 148 Å². The fourth-order valence-corrected chi connectivity index (χ4v) is 2.99. The zero-order chi connectivity index (χ0) is 17.4. The van der Waals surface area contributed by atoms with E-state index in [1.165, 1.54) is 7.11 Å². The lowest BCUT2D eigenvalue weighted by molar-refractivity contribution is 0.413. The summed E-state index contributed by atoms with van der Waals surface area (Å²) < 4.78 is 5.32. The molecule has 4 rings (SSSR count). The SMILES string of the molecule is COc1cc2c(cc1C#N)C(c1ccccc1Cl)=Nc1cn[nH]c1N2. The number of ether oxygens (including phenoxy) is 1. The molecule has 0 bridgehead atoms. The molecule has 0 saturated heterocycles. The highest BCUT2D eigenvalue weighted by atomic mass is 35.5. The standard InChI is InChI=1S/C18H12ClN5O/c1-25-16-7-14-12(6-10(16)8-20)17(11-4-2-3-5-13(11)19)22-15-9-21-24-18(15)23-14/h2-7,9H,1H3,(H2,21,23,24). The summed E-state index contributed by atoms with van der Waals surface area (Å²) in [7, 11) is 1.53. The van der Waals surface area contributed by atoms with Gasteiger partial charge in [-0.1, -0.05) is 29.8 Å². The van der Waals surface area contributed by atoms with Crippen LogP contribution in [0.3, 0.4) is 0 Å². The van der Waals surface area contributed by atoms with E-state index in [4.69, 9.17) is 21.3 Å². The van der Waals surface area contributed by atoms with Gasteiger partial charge in [0.15, 0.2) is 5.82 Å². The number of aliphatic imine (C=N–C) groups is 1. The van der Waals surface area contributed by atoms with E-state index in [-0.39, 0.29) is 0 Å². The van der Waals surface area contributed by atoms with Crippen LogP contribution in [0.1, 0.15) is 16.7 Å². The second kappa shape index (κ2) is 5.96. The molecule has 1 aromatic heterocycles. The van der Waals surface area contributed by atoms with E-state index in [1.54, 1.807) is 18.3 Å². The number of nitriles is 1. The Morgan fingerprint density at radius 3 is 2.80 bits per heavy atom. The van der Waals surface area contributed by atoms with Crippen LogP contribution < -0.4 is 10.1 Å². The molecular weight excluding hydrogens is 338 g/mol. The number of H-pyrrole nitrogens is 1. The van der Waals surface area contributed by atoms with Crippen LogP contribution >= 0.6 is 11.6 Å². The largest absolute Gasteiger partial charge is 0.495 e. The molecule has 0 aliphatic carbocycles. The van der Waals surface area contributed by atoms with E-state index in [0.29, 0.717) is 33.6 Å². The first-order valence-electron chi connectivity index (χ1n) is 7.47. The third kappa shape index (κ3) is 2.51. The number of nitrogens with one attached hydrogen (secondary N) is 2. The van der Waals surface area contributed by atoms with Crippen molar-refractivity contribution in [1.82, 2.24) is 10.2 Å². The van der Waals surface area contributed by atoms with Gasteiger partial charge in [-0.15, -0.1) is 0 Å². The molecule has 122 valence electrons. The molecule has 0 radical (unpaired) electrons. The van der Waals surface area contributed by atoms with Gasteiger partial charge in [0.1, 0.15) is 17.5 Å². The van der Waals surface area contributed by atoms with Crippen molar-refractivity contribution in [3.63, 3.8) is 0 Å². The van der Waals surface area contributed by atoms with E-state index in [0.717, 1.165) is 16.8 Å². The number of hydrogen-bond donors (Lipinski definition) is 2. The maximum absolute atomic E-state index is 9.43. The molecule has 0 saturated carbocycles. The van der Waals surface area contributed by atoms with Crippen molar-refractivity contribution < 1.29 is 4.74 Å². The Hall–Kier alpha value is -3.30. The summed E-state index contributed by atoms with van der Waals surface area (Å²) in [5.74, 6) is 1.14. The number of hydrogen-bond acceptors (Lipinski definition) is 5. The maximum Gasteiger partial charge on any atom is 0.152 e. The summed E-state index contributed by atoms with van der Waals surface area (Å²) in [5, 5.41) is 20.2. The first-order chi connectivity index (χ1) is 12.2. The quantitative estimate of drug-likeness (QED) is 0.568. The number of aromatic amines is 1. The maximum atomic E-state index is 9.43. The van der Waals surface area contributed by atoms with Gasteiger partial charge in [0.05, 0.1) is 30.3 Å². The van der Waals surface area contributed by atoms with E-state index in [9.17, 15) is 5.26 Å². The van der Waals surface area contributed by atoms with E-state index in [2.05, 4.69) is 21.6 Å². The summed E-state index contributed by atoms with van der Waals surface area (Å²) in [6.45, 7) is 0. The second-order valence-electron chi connectivity index (χ2n) is 5.41. The lowest BCUT2D eigenvalue weighted by Gasteiger charge is -2.14. The Morgan fingerprint density at radius 1 is 1.20 bits per heavy atom. The van der Waals surface area contributed by atoms with Gasteiger partial charge in [-0.2, -0.15) is 10.4 Å². The van der Waals surface area contributed by atoms with Crippen LogP contribution in [0, 0.1) is 11.3 Å². The summed E-state index contributed by atoms with van der Waals surface area (Å²) in [6.07, 6.45) is 1.63. The molecular formula is C18H12ClN5O. The fourth-order valence-electron chi connectivity index (χ4n) is 2.77. The summed E-state index contributed by atoms with van der Waals surface area (Å²) in [5.41, 5.74) is 4.02. The lowest BCUT2D eigenvalue weighted by Crippen LogP contribution is -2.07. The summed E-state index contributed by atoms with van der Waals surface area (Å²) in [4.78, 5) is 4.73. The molecule has 7 heteroatoms. The minimum atomic E-state index is 0.423. The number of nitrogens with zero attached hydrogens (tertiary/aromatic N) is 3. The number of benzene rings is 2. The van der Waals surface area contributed by atoms with Gasteiger partial charge in [0, 0.05) is 22.2 Å². The Balaban J connectivity index is 2.04. The van der Waals surface area contributed by atoms with Crippen LogP contribution in [0.25, 0.3) is 0 Å². The molecule has 0 atom stereocenters. The van der Waals surface area contributed by atoms with Crippen LogP contribution in [-0.2, 0) is 0 Å². The molecule has 0 fully saturated rings. The normalized spacial score (nSPS) is 12.1. The number of rotatable bonds is 2. The molecule has 0 spiro atoms. The third-order valence-corrected chi connectivity index (χ3v) is 4.29. The van der Waals surface area contributed by atoms with Crippen LogP contribution in [0.2, 0.25) is 5.02 Å². The van der Waals surface area contributed by atoms with Crippen molar-refractivity contribution in [1.29, 1.82) is 5.26 Å². The molecule has 0 unspecified atom stereocenters. The predicted molar refractivity (Wildman–Crippen MR) is 96.3 cm³/mol. The highest BCUT2D eigenvalue weighted by Crippen LogP contribution is 2.38. The van der Waals surface area contributed by atoms with Crippen molar-refractivity contribution in [2.45, 2.75) is 0 Å². The van der Waals surface area contributed by atoms with Crippen LogP contribution in [0.15, 0.2) is 47.6 Å². The topological polar surface area (TPSA) is 86.1 Å². The Morgan fingerprint density at radius 2 is 2.04 bits per heavy atom. The van der Waals surface area contributed by atoms with Gasteiger partial charge in [-0.3, -0.25) is 5.10 Å². The lowest BCUT2D eigenvalue weighted by atomic mass is 9.98. The molecule has 3 aromatic rings. The zero-order valence-corrected chi connectivity index (χ0v) is 13.9. The number of fused-ring (bicyclic) bond motifs is 2. The minimum Gasteiger partial charge on any atom is -0.495 e. The Kier molecular flexibility index (Phi) is 3.64. The molecule has 1 aliphatic rings. The average molecular weight is 350 g/mol. The van der Waals surface area contributed by atoms with Crippen LogP contribution in [-0.4, -0.2) is 23.0 Å². The highest BCUT2D eigenvalue weighted by Gasteiger charge is 2.22. The molecule has 2 heterocycles. The van der Waals surface area contributed by atoms with Gasteiger partial charge < -0.3 is 10.1 Å². The van der Waals surface area contributed by atoms with E-state index < -0.39 is 0 Å². The van der Waals surface area contributed by atoms with Gasteiger partial charge in [-0.05, 0) is 12.1 Å². The molecule has 1 aliphatic heterocycles. The highest BCUT2D eigenvalue weighted by molar-refractivity contribution is 6.36. The van der Waals surface area contributed by atoms with Crippen molar-refractivity contribution in [3.8, 4) is 11.8 Å². The van der Waals surface area contributed by atoms with Crippen molar-refractivity contribution in [2.24, 2.45) is 4.99 Å². The van der Waals surface area contributed by atoms with Crippen molar-refractivity contribution in [2.75, 3.05) is 12.4 Å². The third-order valence-electron chi connectivity index (χ3n) is 3.96. The second-order valence-corrected chi connectivity index (χ2v) is 5.81. The smallest absolute Gasteiger partial charge is 0.152 e. The Bertz CT molecular complexity index is 1050.